The van der Waals surface area contributed by atoms with E-state index in [0.717, 1.165) is 0 Å². The van der Waals surface area contributed by atoms with Gasteiger partial charge in [0.1, 0.15) is 0 Å². The minimum Gasteiger partial charge on any atom is -0.417 e. The van der Waals surface area contributed by atoms with E-state index in [-0.39, 0.29) is 23.3 Å². The molecular formula is C13H16F2N2O3. The van der Waals surface area contributed by atoms with Crippen LogP contribution in [0.15, 0.2) is 18.3 Å². The number of alkyl halides is 2. The maximum atomic E-state index is 12.3. The molecule has 7 heteroatoms. The number of hydrogen-bond donors (Lipinski definition) is 0. The van der Waals surface area contributed by atoms with E-state index in [1.807, 2.05) is 6.92 Å². The largest absolute Gasteiger partial charge is 0.417 e. The zero-order valence-electron chi connectivity index (χ0n) is 11.1. The van der Waals surface area contributed by atoms with Gasteiger partial charge in [-0.05, 0) is 12.0 Å². The summed E-state index contributed by atoms with van der Waals surface area (Å²) < 4.78 is 33.8. The Balaban J connectivity index is 2.11. The first-order valence-electron chi connectivity index (χ1n) is 6.34. The molecule has 5 nitrogen and oxygen atoms in total. The van der Waals surface area contributed by atoms with E-state index in [1.54, 1.807) is 4.90 Å². The van der Waals surface area contributed by atoms with Crippen molar-refractivity contribution in [3.05, 3.63) is 23.9 Å². The fourth-order valence-corrected chi connectivity index (χ4v) is 2.04. The number of rotatable bonds is 3. The average molecular weight is 286 g/mol. The van der Waals surface area contributed by atoms with Crippen molar-refractivity contribution in [1.82, 2.24) is 9.88 Å². The monoisotopic (exact) mass is 286 g/mol. The summed E-state index contributed by atoms with van der Waals surface area (Å²) in [5.74, 6) is -0.256. The summed E-state index contributed by atoms with van der Waals surface area (Å²) in [4.78, 5) is 17.6. The summed E-state index contributed by atoms with van der Waals surface area (Å²) in [5, 5.41) is 0. The molecule has 1 fully saturated rings. The Kier molecular flexibility index (Phi) is 4.84. The smallest absolute Gasteiger partial charge is 0.388 e. The van der Waals surface area contributed by atoms with Crippen LogP contribution in [0, 0.1) is 5.92 Å². The number of amides is 1. The number of halogens is 2. The molecule has 1 amide bonds. The number of ether oxygens (including phenoxy) is 2. The predicted octanol–water partition coefficient (Wildman–Crippen LogP) is 1.79. The van der Waals surface area contributed by atoms with Crippen LogP contribution in [0.25, 0.3) is 0 Å². The SMILES string of the molecule is CC1COCCN(C(=O)c2ccnc(OC(F)F)c2)C1. The fourth-order valence-electron chi connectivity index (χ4n) is 2.04. The zero-order chi connectivity index (χ0) is 14.5. The van der Waals surface area contributed by atoms with Crippen LogP contribution in [-0.4, -0.2) is 48.7 Å². The van der Waals surface area contributed by atoms with Crippen LogP contribution in [0.2, 0.25) is 0 Å². The predicted molar refractivity (Wildman–Crippen MR) is 66.8 cm³/mol. The Hall–Kier alpha value is -1.76. The van der Waals surface area contributed by atoms with E-state index in [2.05, 4.69) is 9.72 Å². The highest BCUT2D eigenvalue weighted by molar-refractivity contribution is 5.94. The lowest BCUT2D eigenvalue weighted by Gasteiger charge is -2.22. The van der Waals surface area contributed by atoms with Gasteiger partial charge in [0.25, 0.3) is 5.91 Å². The van der Waals surface area contributed by atoms with E-state index in [0.29, 0.717) is 26.3 Å². The van der Waals surface area contributed by atoms with Crippen LogP contribution in [0.3, 0.4) is 0 Å². The molecule has 1 aromatic rings. The summed E-state index contributed by atoms with van der Waals surface area (Å²) in [5.41, 5.74) is 0.282. The van der Waals surface area contributed by atoms with Crippen molar-refractivity contribution in [3.63, 3.8) is 0 Å². The van der Waals surface area contributed by atoms with Crippen molar-refractivity contribution < 1.29 is 23.0 Å². The van der Waals surface area contributed by atoms with Crippen LogP contribution in [-0.2, 0) is 4.74 Å². The molecule has 1 unspecified atom stereocenters. The molecule has 20 heavy (non-hydrogen) atoms. The van der Waals surface area contributed by atoms with Gasteiger partial charge >= 0.3 is 6.61 Å². The van der Waals surface area contributed by atoms with Gasteiger partial charge < -0.3 is 14.4 Å². The second-order valence-corrected chi connectivity index (χ2v) is 4.69. The van der Waals surface area contributed by atoms with Crippen LogP contribution in [0.5, 0.6) is 5.88 Å². The van der Waals surface area contributed by atoms with Crippen LogP contribution in [0.4, 0.5) is 8.78 Å². The second-order valence-electron chi connectivity index (χ2n) is 4.69. The maximum absolute atomic E-state index is 12.3. The highest BCUT2D eigenvalue weighted by Crippen LogP contribution is 2.16. The fraction of sp³-hybridized carbons (Fsp3) is 0.538. The molecule has 2 rings (SSSR count). The van der Waals surface area contributed by atoms with Crippen molar-refractivity contribution in [2.75, 3.05) is 26.3 Å². The van der Waals surface area contributed by atoms with Gasteiger partial charge in [0.2, 0.25) is 5.88 Å². The number of pyridine rings is 1. The van der Waals surface area contributed by atoms with E-state index in [4.69, 9.17) is 4.74 Å². The minimum atomic E-state index is -2.96. The second kappa shape index (κ2) is 6.60. The number of carbonyl (C=O) groups is 1. The summed E-state index contributed by atoms with van der Waals surface area (Å²) in [6, 6.07) is 2.71. The molecule has 0 bridgehead atoms. The Morgan fingerprint density at radius 2 is 2.40 bits per heavy atom. The summed E-state index contributed by atoms with van der Waals surface area (Å²) in [6.45, 7) is 1.17. The van der Waals surface area contributed by atoms with Crippen molar-refractivity contribution in [3.8, 4) is 5.88 Å². The number of aromatic nitrogens is 1. The van der Waals surface area contributed by atoms with Crippen LogP contribution < -0.4 is 4.74 Å². The molecule has 0 aromatic carbocycles. The molecule has 0 saturated carbocycles. The third kappa shape index (κ3) is 3.86. The van der Waals surface area contributed by atoms with E-state index in [1.165, 1.54) is 18.3 Å². The quantitative estimate of drug-likeness (QED) is 0.850. The lowest BCUT2D eigenvalue weighted by atomic mass is 10.1. The molecule has 1 aromatic heterocycles. The maximum Gasteiger partial charge on any atom is 0.388 e. The molecule has 1 aliphatic rings. The zero-order valence-corrected chi connectivity index (χ0v) is 11.1. The number of nitrogens with zero attached hydrogens (tertiary/aromatic N) is 2. The molecule has 0 aliphatic carbocycles. The summed E-state index contributed by atoms with van der Waals surface area (Å²) >= 11 is 0. The lowest BCUT2D eigenvalue weighted by Crippen LogP contribution is -2.35. The molecule has 110 valence electrons. The average Bonchev–Trinajstić information content (AvgIpc) is 2.62. The minimum absolute atomic E-state index is 0.233. The summed E-state index contributed by atoms with van der Waals surface area (Å²) in [7, 11) is 0. The van der Waals surface area contributed by atoms with Gasteiger partial charge in [-0.2, -0.15) is 8.78 Å². The Morgan fingerprint density at radius 3 is 3.15 bits per heavy atom. The third-order valence-corrected chi connectivity index (χ3v) is 2.92. The first-order valence-corrected chi connectivity index (χ1v) is 6.34. The third-order valence-electron chi connectivity index (χ3n) is 2.92. The number of hydrogen-bond acceptors (Lipinski definition) is 4. The van der Waals surface area contributed by atoms with Gasteiger partial charge in [-0.15, -0.1) is 0 Å². The van der Waals surface area contributed by atoms with E-state index < -0.39 is 6.61 Å². The topological polar surface area (TPSA) is 51.7 Å². The number of carbonyl (C=O) groups excluding carboxylic acids is 1. The van der Waals surface area contributed by atoms with E-state index >= 15 is 0 Å². The van der Waals surface area contributed by atoms with Gasteiger partial charge in [0.15, 0.2) is 0 Å². The standard InChI is InChI=1S/C13H16F2N2O3/c1-9-7-17(4-5-19-8-9)12(18)10-2-3-16-11(6-10)20-13(14)15/h2-3,6,9,13H,4-5,7-8H2,1H3. The highest BCUT2D eigenvalue weighted by atomic mass is 19.3. The Bertz CT molecular complexity index is 471. The van der Waals surface area contributed by atoms with E-state index in [9.17, 15) is 13.6 Å². The Labute approximate surface area is 115 Å². The summed E-state index contributed by atoms with van der Waals surface area (Å²) in [6.07, 6.45) is 1.28. The van der Waals surface area contributed by atoms with Crippen molar-refractivity contribution in [2.45, 2.75) is 13.5 Å². The van der Waals surface area contributed by atoms with Crippen LogP contribution >= 0.6 is 0 Å². The van der Waals surface area contributed by atoms with Gasteiger partial charge in [-0.25, -0.2) is 4.98 Å². The molecule has 1 atom stereocenters. The molecule has 0 N–H and O–H groups in total. The first-order chi connectivity index (χ1) is 9.56. The Morgan fingerprint density at radius 1 is 1.60 bits per heavy atom. The normalized spacial score (nSPS) is 19.8. The van der Waals surface area contributed by atoms with Crippen LogP contribution in [0.1, 0.15) is 17.3 Å². The molecular weight excluding hydrogens is 270 g/mol. The van der Waals surface area contributed by atoms with Crippen molar-refractivity contribution in [2.24, 2.45) is 5.92 Å². The molecule has 1 saturated heterocycles. The first kappa shape index (κ1) is 14.6. The molecule has 0 radical (unpaired) electrons. The van der Waals surface area contributed by atoms with Gasteiger partial charge in [0, 0.05) is 30.9 Å². The van der Waals surface area contributed by atoms with Crippen molar-refractivity contribution >= 4 is 5.91 Å². The molecule has 1 aliphatic heterocycles. The molecule has 0 spiro atoms. The van der Waals surface area contributed by atoms with Gasteiger partial charge in [-0.1, -0.05) is 6.92 Å². The highest BCUT2D eigenvalue weighted by Gasteiger charge is 2.21. The van der Waals surface area contributed by atoms with Gasteiger partial charge in [-0.3, -0.25) is 4.79 Å². The van der Waals surface area contributed by atoms with Crippen molar-refractivity contribution in [1.29, 1.82) is 0 Å². The molecule has 2 heterocycles. The lowest BCUT2D eigenvalue weighted by molar-refractivity contribution is -0.0529. The van der Waals surface area contributed by atoms with Gasteiger partial charge in [0.05, 0.1) is 13.2 Å².